The quantitative estimate of drug-likeness (QED) is 0.860. The van der Waals surface area contributed by atoms with E-state index < -0.39 is 0 Å². The summed E-state index contributed by atoms with van der Waals surface area (Å²) in [5.41, 5.74) is 5.41. The number of ether oxygens (including phenoxy) is 1. The zero-order valence-corrected chi connectivity index (χ0v) is 11.4. The number of aliphatic hydroxyl groups is 1. The molecule has 0 fully saturated rings. The van der Waals surface area contributed by atoms with Crippen LogP contribution in [0.2, 0.25) is 0 Å². The van der Waals surface area contributed by atoms with Crippen molar-refractivity contribution in [3.63, 3.8) is 0 Å². The van der Waals surface area contributed by atoms with Crippen molar-refractivity contribution in [2.75, 3.05) is 6.79 Å². The molecular weight excluding hydrogens is 248 g/mol. The van der Waals surface area contributed by atoms with Gasteiger partial charge in [-0.1, -0.05) is 48.0 Å². The van der Waals surface area contributed by atoms with Crippen LogP contribution in [0.3, 0.4) is 0 Å². The highest BCUT2D eigenvalue weighted by Gasteiger charge is 2.13. The first-order valence-electron chi connectivity index (χ1n) is 6.95. The molecule has 0 aromatic heterocycles. The van der Waals surface area contributed by atoms with E-state index in [1.807, 2.05) is 18.2 Å². The Bertz CT molecular complexity index is 615. The van der Waals surface area contributed by atoms with E-state index >= 15 is 0 Å². The molecule has 0 unspecified atom stereocenters. The third-order valence-electron chi connectivity index (χ3n) is 3.71. The summed E-state index contributed by atoms with van der Waals surface area (Å²) in [6, 6.07) is 16.5. The molecule has 0 radical (unpaired) electrons. The van der Waals surface area contributed by atoms with Gasteiger partial charge in [0.05, 0.1) is 0 Å². The van der Waals surface area contributed by atoms with Gasteiger partial charge < -0.3 is 9.84 Å². The standard InChI is InChI=1S/C18H18O2/c19-13-20-18-9-8-16-7-6-15(11-17(16)12-18)10-14-4-2-1-3-5-14/h1-5,8-10,12,19H,6-7,11,13H2/b15-10+. The molecule has 20 heavy (non-hydrogen) atoms. The molecule has 0 spiro atoms. The minimum atomic E-state index is -0.272. The van der Waals surface area contributed by atoms with Crippen LogP contribution in [0.25, 0.3) is 6.08 Å². The van der Waals surface area contributed by atoms with Crippen LogP contribution in [0.1, 0.15) is 23.1 Å². The molecular formula is C18H18O2. The molecule has 1 aliphatic rings. The Kier molecular flexibility index (Phi) is 3.84. The Labute approximate surface area is 119 Å². The van der Waals surface area contributed by atoms with E-state index in [9.17, 15) is 0 Å². The van der Waals surface area contributed by atoms with Gasteiger partial charge in [-0.3, -0.25) is 0 Å². The van der Waals surface area contributed by atoms with E-state index in [1.165, 1.54) is 22.3 Å². The summed E-state index contributed by atoms with van der Waals surface area (Å²) in [6.45, 7) is -0.272. The van der Waals surface area contributed by atoms with E-state index in [2.05, 4.69) is 36.4 Å². The largest absolute Gasteiger partial charge is 0.468 e. The maximum Gasteiger partial charge on any atom is 0.186 e. The van der Waals surface area contributed by atoms with Crippen molar-refractivity contribution < 1.29 is 9.84 Å². The highest BCUT2D eigenvalue weighted by Crippen LogP contribution is 2.29. The molecule has 2 aromatic rings. The lowest BCUT2D eigenvalue weighted by Crippen LogP contribution is -2.06. The Balaban J connectivity index is 1.83. The smallest absolute Gasteiger partial charge is 0.186 e. The number of rotatable bonds is 3. The molecule has 102 valence electrons. The number of hydrogen-bond donors (Lipinski definition) is 1. The molecule has 0 atom stereocenters. The summed E-state index contributed by atoms with van der Waals surface area (Å²) in [5, 5.41) is 8.84. The summed E-state index contributed by atoms with van der Waals surface area (Å²) >= 11 is 0. The number of fused-ring (bicyclic) bond motifs is 1. The second kappa shape index (κ2) is 5.93. The number of hydrogen-bond acceptors (Lipinski definition) is 2. The maximum atomic E-state index is 8.84. The molecule has 0 aliphatic heterocycles. The van der Waals surface area contributed by atoms with Gasteiger partial charge in [-0.15, -0.1) is 0 Å². The lowest BCUT2D eigenvalue weighted by molar-refractivity contribution is 0.0984. The fraction of sp³-hybridized carbons (Fsp3) is 0.222. The highest BCUT2D eigenvalue weighted by molar-refractivity contribution is 5.55. The molecule has 0 saturated carbocycles. The van der Waals surface area contributed by atoms with Crippen LogP contribution >= 0.6 is 0 Å². The summed E-state index contributed by atoms with van der Waals surface area (Å²) < 4.78 is 5.16. The summed E-state index contributed by atoms with van der Waals surface area (Å²) in [7, 11) is 0. The maximum absolute atomic E-state index is 8.84. The van der Waals surface area contributed by atoms with Gasteiger partial charge in [-0.05, 0) is 48.1 Å². The minimum absolute atomic E-state index is 0.272. The predicted octanol–water partition coefficient (Wildman–Crippen LogP) is 3.59. The fourth-order valence-electron chi connectivity index (χ4n) is 2.71. The molecule has 0 amide bonds. The van der Waals surface area contributed by atoms with Crippen molar-refractivity contribution in [1.82, 2.24) is 0 Å². The van der Waals surface area contributed by atoms with Gasteiger partial charge in [-0.2, -0.15) is 0 Å². The second-order valence-electron chi connectivity index (χ2n) is 5.09. The molecule has 2 nitrogen and oxygen atoms in total. The van der Waals surface area contributed by atoms with Crippen molar-refractivity contribution in [2.24, 2.45) is 0 Å². The van der Waals surface area contributed by atoms with Crippen molar-refractivity contribution in [2.45, 2.75) is 19.3 Å². The number of aliphatic hydroxyl groups excluding tert-OH is 1. The van der Waals surface area contributed by atoms with Gasteiger partial charge >= 0.3 is 0 Å². The van der Waals surface area contributed by atoms with Crippen LogP contribution in [0.4, 0.5) is 0 Å². The van der Waals surface area contributed by atoms with Crippen molar-refractivity contribution in [3.05, 3.63) is 70.8 Å². The lowest BCUT2D eigenvalue weighted by atomic mass is 9.87. The summed E-state index contributed by atoms with van der Waals surface area (Å²) in [4.78, 5) is 0. The average Bonchev–Trinajstić information content (AvgIpc) is 2.48. The van der Waals surface area contributed by atoms with Gasteiger partial charge in [0.1, 0.15) is 5.75 Å². The zero-order valence-electron chi connectivity index (χ0n) is 11.4. The van der Waals surface area contributed by atoms with E-state index in [-0.39, 0.29) is 6.79 Å². The number of allylic oxidation sites excluding steroid dienone is 1. The van der Waals surface area contributed by atoms with Gasteiger partial charge in [0.2, 0.25) is 0 Å². The van der Waals surface area contributed by atoms with Crippen molar-refractivity contribution in [1.29, 1.82) is 0 Å². The molecule has 0 heterocycles. The highest BCUT2D eigenvalue weighted by atomic mass is 16.6. The topological polar surface area (TPSA) is 29.5 Å². The molecule has 0 saturated heterocycles. The molecule has 1 aliphatic carbocycles. The van der Waals surface area contributed by atoms with E-state index in [0.29, 0.717) is 0 Å². The molecule has 1 N–H and O–H groups in total. The Hall–Kier alpha value is -2.06. The van der Waals surface area contributed by atoms with Crippen molar-refractivity contribution >= 4 is 6.08 Å². The molecule has 0 bridgehead atoms. The lowest BCUT2D eigenvalue weighted by Gasteiger charge is -2.19. The van der Waals surface area contributed by atoms with Crippen LogP contribution in [0.15, 0.2) is 54.1 Å². The molecule has 3 rings (SSSR count). The van der Waals surface area contributed by atoms with Gasteiger partial charge in [0.15, 0.2) is 6.79 Å². The van der Waals surface area contributed by atoms with Crippen LogP contribution < -0.4 is 4.74 Å². The number of benzene rings is 2. The van der Waals surface area contributed by atoms with Gasteiger partial charge in [-0.25, -0.2) is 0 Å². The predicted molar refractivity (Wildman–Crippen MR) is 80.6 cm³/mol. The summed E-state index contributed by atoms with van der Waals surface area (Å²) in [6.07, 6.45) is 5.44. The average molecular weight is 266 g/mol. The van der Waals surface area contributed by atoms with Crippen LogP contribution in [0.5, 0.6) is 5.75 Å². The van der Waals surface area contributed by atoms with Crippen molar-refractivity contribution in [3.8, 4) is 5.75 Å². The first kappa shape index (κ1) is 12.9. The van der Waals surface area contributed by atoms with Crippen LogP contribution in [-0.2, 0) is 12.8 Å². The SMILES string of the molecule is OCOc1ccc2c(c1)C/C(=C/c1ccccc1)CC2. The Morgan fingerprint density at radius 2 is 1.85 bits per heavy atom. The minimum Gasteiger partial charge on any atom is -0.468 e. The second-order valence-corrected chi connectivity index (χ2v) is 5.09. The third-order valence-corrected chi connectivity index (χ3v) is 3.71. The molecule has 2 heteroatoms. The van der Waals surface area contributed by atoms with Crippen LogP contribution in [0, 0.1) is 0 Å². The van der Waals surface area contributed by atoms with Crippen LogP contribution in [-0.4, -0.2) is 11.9 Å². The van der Waals surface area contributed by atoms with Gasteiger partial charge in [0.25, 0.3) is 0 Å². The molecule has 2 aromatic carbocycles. The zero-order chi connectivity index (χ0) is 13.8. The number of aryl methyl sites for hydroxylation is 1. The Morgan fingerprint density at radius 3 is 2.65 bits per heavy atom. The third kappa shape index (κ3) is 2.91. The van der Waals surface area contributed by atoms with E-state index in [1.54, 1.807) is 0 Å². The van der Waals surface area contributed by atoms with E-state index in [0.717, 1.165) is 25.0 Å². The Morgan fingerprint density at radius 1 is 1.00 bits per heavy atom. The first-order chi connectivity index (χ1) is 9.85. The normalized spacial score (nSPS) is 15.9. The fourth-order valence-corrected chi connectivity index (χ4v) is 2.71. The van der Waals surface area contributed by atoms with E-state index in [4.69, 9.17) is 9.84 Å². The van der Waals surface area contributed by atoms with Gasteiger partial charge in [0, 0.05) is 0 Å². The summed E-state index contributed by atoms with van der Waals surface area (Å²) in [5.74, 6) is 0.743. The first-order valence-corrected chi connectivity index (χ1v) is 6.95. The monoisotopic (exact) mass is 266 g/mol.